The SMILES string of the molecule is CCCS(=O)(=O)N1CCC(NC(=O)[C@H]2NCCO[C@@H]2C)CC1. The van der Waals surface area contributed by atoms with E-state index in [0.717, 1.165) is 0 Å². The fraction of sp³-hybridized carbons (Fsp3) is 0.929. The number of carbonyl (C=O) groups excluding carboxylic acids is 1. The quantitative estimate of drug-likeness (QED) is 0.720. The van der Waals surface area contributed by atoms with Gasteiger partial charge in [0.05, 0.1) is 18.5 Å². The average molecular weight is 333 g/mol. The van der Waals surface area contributed by atoms with Gasteiger partial charge in [-0.3, -0.25) is 4.79 Å². The van der Waals surface area contributed by atoms with Crippen molar-refractivity contribution in [2.24, 2.45) is 0 Å². The molecule has 0 aliphatic carbocycles. The molecular weight excluding hydrogens is 306 g/mol. The van der Waals surface area contributed by atoms with Crippen LogP contribution in [-0.2, 0) is 19.6 Å². The number of amides is 1. The summed E-state index contributed by atoms with van der Waals surface area (Å²) in [7, 11) is -3.13. The number of nitrogens with zero attached hydrogens (tertiary/aromatic N) is 1. The van der Waals surface area contributed by atoms with Gasteiger partial charge in [0.15, 0.2) is 0 Å². The van der Waals surface area contributed by atoms with Gasteiger partial charge in [-0.05, 0) is 26.2 Å². The van der Waals surface area contributed by atoms with E-state index in [9.17, 15) is 13.2 Å². The van der Waals surface area contributed by atoms with Crippen LogP contribution in [-0.4, -0.2) is 68.8 Å². The molecule has 1 amide bonds. The van der Waals surface area contributed by atoms with Gasteiger partial charge in [0.1, 0.15) is 6.04 Å². The lowest BCUT2D eigenvalue weighted by Gasteiger charge is -2.34. The molecule has 0 aromatic heterocycles. The summed E-state index contributed by atoms with van der Waals surface area (Å²) in [6.07, 6.45) is 1.82. The first-order valence-electron chi connectivity index (χ1n) is 8.07. The van der Waals surface area contributed by atoms with Crippen molar-refractivity contribution in [1.82, 2.24) is 14.9 Å². The van der Waals surface area contributed by atoms with Crippen LogP contribution in [0.2, 0.25) is 0 Å². The molecule has 0 saturated carbocycles. The molecule has 2 fully saturated rings. The summed E-state index contributed by atoms with van der Waals surface area (Å²) in [5.74, 6) is 0.146. The zero-order chi connectivity index (χ0) is 16.2. The molecular formula is C14H27N3O4S. The van der Waals surface area contributed by atoms with Crippen LogP contribution >= 0.6 is 0 Å². The highest BCUT2D eigenvalue weighted by Crippen LogP contribution is 2.15. The zero-order valence-electron chi connectivity index (χ0n) is 13.4. The van der Waals surface area contributed by atoms with E-state index >= 15 is 0 Å². The van der Waals surface area contributed by atoms with Crippen LogP contribution in [0.1, 0.15) is 33.1 Å². The van der Waals surface area contributed by atoms with Crippen molar-refractivity contribution in [2.75, 3.05) is 32.0 Å². The maximum atomic E-state index is 12.3. The number of morpholine rings is 1. The number of rotatable bonds is 5. The van der Waals surface area contributed by atoms with Crippen molar-refractivity contribution in [3.8, 4) is 0 Å². The first-order valence-corrected chi connectivity index (χ1v) is 9.68. The predicted molar refractivity (Wildman–Crippen MR) is 84.0 cm³/mol. The predicted octanol–water partition coefficient (Wildman–Crippen LogP) is -0.316. The van der Waals surface area contributed by atoms with E-state index in [0.29, 0.717) is 45.5 Å². The smallest absolute Gasteiger partial charge is 0.240 e. The number of sulfonamides is 1. The second-order valence-corrected chi connectivity index (χ2v) is 8.09. The third-order valence-electron chi connectivity index (χ3n) is 4.25. The van der Waals surface area contributed by atoms with E-state index in [1.54, 1.807) is 4.31 Å². The van der Waals surface area contributed by atoms with E-state index < -0.39 is 10.0 Å². The van der Waals surface area contributed by atoms with Gasteiger partial charge < -0.3 is 15.4 Å². The van der Waals surface area contributed by atoms with Crippen LogP contribution in [0.3, 0.4) is 0 Å². The summed E-state index contributed by atoms with van der Waals surface area (Å²) in [5.41, 5.74) is 0. The monoisotopic (exact) mass is 333 g/mol. The van der Waals surface area contributed by atoms with Crippen LogP contribution < -0.4 is 10.6 Å². The second kappa shape index (κ2) is 7.72. The Kier molecular flexibility index (Phi) is 6.19. The Labute approximate surface area is 132 Å². The molecule has 2 heterocycles. The standard InChI is InChI=1S/C14H27N3O4S/c1-3-10-22(19,20)17-7-4-12(5-8-17)16-14(18)13-11(2)21-9-6-15-13/h11-13,15H,3-10H2,1-2H3,(H,16,18)/t11-,13+/m1/s1. The molecule has 2 rings (SSSR count). The highest BCUT2D eigenvalue weighted by Gasteiger charge is 2.32. The van der Waals surface area contributed by atoms with Crippen molar-refractivity contribution < 1.29 is 17.9 Å². The lowest BCUT2D eigenvalue weighted by atomic mass is 10.0. The minimum atomic E-state index is -3.13. The number of nitrogens with one attached hydrogen (secondary N) is 2. The van der Waals surface area contributed by atoms with E-state index in [1.807, 2.05) is 13.8 Å². The average Bonchev–Trinajstić information content (AvgIpc) is 2.48. The van der Waals surface area contributed by atoms with E-state index in [4.69, 9.17) is 4.74 Å². The van der Waals surface area contributed by atoms with E-state index in [1.165, 1.54) is 0 Å². The number of ether oxygens (including phenoxy) is 1. The normalized spacial score (nSPS) is 28.5. The molecule has 0 aromatic carbocycles. The molecule has 128 valence electrons. The van der Waals surface area contributed by atoms with Crippen LogP contribution in [0.5, 0.6) is 0 Å². The molecule has 2 atom stereocenters. The Balaban J connectivity index is 1.81. The molecule has 2 aliphatic rings. The molecule has 2 N–H and O–H groups in total. The number of carbonyl (C=O) groups is 1. The van der Waals surface area contributed by atoms with Gasteiger partial charge in [-0.1, -0.05) is 6.92 Å². The fourth-order valence-corrected chi connectivity index (χ4v) is 4.52. The molecule has 8 heteroatoms. The summed E-state index contributed by atoms with van der Waals surface area (Å²) in [6.45, 7) is 6.02. The third-order valence-corrected chi connectivity index (χ3v) is 6.33. The van der Waals surface area contributed by atoms with Gasteiger partial charge >= 0.3 is 0 Å². The van der Waals surface area contributed by atoms with Gasteiger partial charge in [0, 0.05) is 25.7 Å². The van der Waals surface area contributed by atoms with Gasteiger partial charge in [0.25, 0.3) is 0 Å². The Bertz CT molecular complexity index is 474. The van der Waals surface area contributed by atoms with Crippen LogP contribution in [0.15, 0.2) is 0 Å². The largest absolute Gasteiger partial charge is 0.375 e. The summed E-state index contributed by atoms with van der Waals surface area (Å²) >= 11 is 0. The number of hydrogen-bond acceptors (Lipinski definition) is 5. The van der Waals surface area contributed by atoms with Crippen molar-refractivity contribution in [2.45, 2.75) is 51.3 Å². The molecule has 0 aromatic rings. The third kappa shape index (κ3) is 4.41. The van der Waals surface area contributed by atoms with Crippen molar-refractivity contribution in [1.29, 1.82) is 0 Å². The molecule has 22 heavy (non-hydrogen) atoms. The lowest BCUT2D eigenvalue weighted by molar-refractivity contribution is -0.129. The molecule has 0 radical (unpaired) electrons. The van der Waals surface area contributed by atoms with Crippen LogP contribution in [0, 0.1) is 0 Å². The minimum absolute atomic E-state index is 0.0384. The lowest BCUT2D eigenvalue weighted by Crippen LogP contribution is -2.58. The van der Waals surface area contributed by atoms with Gasteiger partial charge in [-0.25, -0.2) is 12.7 Å². The van der Waals surface area contributed by atoms with Crippen LogP contribution in [0.4, 0.5) is 0 Å². The van der Waals surface area contributed by atoms with Crippen molar-refractivity contribution >= 4 is 15.9 Å². The summed E-state index contributed by atoms with van der Waals surface area (Å²) < 4.78 is 31.1. The van der Waals surface area contributed by atoms with Gasteiger partial charge in [-0.2, -0.15) is 0 Å². The van der Waals surface area contributed by atoms with E-state index in [2.05, 4.69) is 10.6 Å². The number of hydrogen-bond donors (Lipinski definition) is 2. The highest BCUT2D eigenvalue weighted by molar-refractivity contribution is 7.89. The van der Waals surface area contributed by atoms with Crippen molar-refractivity contribution in [3.63, 3.8) is 0 Å². The Morgan fingerprint density at radius 1 is 1.36 bits per heavy atom. The van der Waals surface area contributed by atoms with Crippen LogP contribution in [0.25, 0.3) is 0 Å². The molecule has 0 unspecified atom stereocenters. The highest BCUT2D eigenvalue weighted by atomic mass is 32.2. The Hall–Kier alpha value is -0.700. The van der Waals surface area contributed by atoms with Gasteiger partial charge in [-0.15, -0.1) is 0 Å². The summed E-state index contributed by atoms with van der Waals surface area (Å²) in [4.78, 5) is 12.3. The molecule has 0 bridgehead atoms. The topological polar surface area (TPSA) is 87.7 Å². The summed E-state index contributed by atoms with van der Waals surface area (Å²) in [5, 5.41) is 6.18. The molecule has 7 nitrogen and oxygen atoms in total. The maximum Gasteiger partial charge on any atom is 0.240 e. The van der Waals surface area contributed by atoms with Crippen molar-refractivity contribution in [3.05, 3.63) is 0 Å². The zero-order valence-corrected chi connectivity index (χ0v) is 14.2. The molecule has 2 aliphatic heterocycles. The number of piperidine rings is 1. The fourth-order valence-electron chi connectivity index (χ4n) is 2.98. The van der Waals surface area contributed by atoms with E-state index in [-0.39, 0.29) is 29.8 Å². The molecule has 0 spiro atoms. The Morgan fingerprint density at radius 2 is 2.05 bits per heavy atom. The minimum Gasteiger partial charge on any atom is -0.375 e. The summed E-state index contributed by atoms with van der Waals surface area (Å²) in [6, 6.07) is -0.285. The second-order valence-electron chi connectivity index (χ2n) is 6.01. The first kappa shape index (κ1) is 17.7. The van der Waals surface area contributed by atoms with Gasteiger partial charge in [0.2, 0.25) is 15.9 Å². The Morgan fingerprint density at radius 3 is 2.64 bits per heavy atom. The maximum absolute atomic E-state index is 12.3. The molecule has 2 saturated heterocycles. The first-order chi connectivity index (χ1) is 10.4.